The van der Waals surface area contributed by atoms with Crippen molar-refractivity contribution in [2.45, 2.75) is 32.7 Å². The van der Waals surface area contributed by atoms with Gasteiger partial charge in [-0.1, -0.05) is 0 Å². The number of hydrogen-bond donors (Lipinski definition) is 2. The zero-order valence-corrected chi connectivity index (χ0v) is 10.0. The van der Waals surface area contributed by atoms with Crippen LogP contribution in [-0.4, -0.2) is 28.1 Å². The Morgan fingerprint density at radius 2 is 2.33 bits per heavy atom. The molecule has 0 atom stereocenters. The molecule has 15 heavy (non-hydrogen) atoms. The highest BCUT2D eigenvalue weighted by atomic mass is 32.1. The lowest BCUT2D eigenvalue weighted by Crippen LogP contribution is -2.43. The minimum atomic E-state index is -0.385. The van der Waals surface area contributed by atoms with Crippen molar-refractivity contribution in [1.29, 1.82) is 0 Å². The van der Waals surface area contributed by atoms with Gasteiger partial charge in [-0.15, -0.1) is 11.3 Å². The predicted octanol–water partition coefficient (Wildman–Crippen LogP) is 1.34. The number of rotatable bonds is 4. The molecule has 0 aromatic carbocycles. The van der Waals surface area contributed by atoms with Crippen molar-refractivity contribution in [2.75, 3.05) is 6.61 Å². The van der Waals surface area contributed by atoms with Gasteiger partial charge in [-0.05, 0) is 27.2 Å². The fourth-order valence-corrected chi connectivity index (χ4v) is 1.85. The molecule has 0 aliphatic rings. The number of aliphatic hydroxyl groups excluding tert-OH is 1. The van der Waals surface area contributed by atoms with E-state index >= 15 is 0 Å². The van der Waals surface area contributed by atoms with E-state index in [2.05, 4.69) is 10.3 Å². The molecule has 1 aromatic heterocycles. The lowest BCUT2D eigenvalue weighted by molar-refractivity contribution is 0.0903. The molecular weight excluding hydrogens is 212 g/mol. The highest BCUT2D eigenvalue weighted by Gasteiger charge is 2.21. The third kappa shape index (κ3) is 3.60. The number of hydrogen-bond acceptors (Lipinski definition) is 4. The van der Waals surface area contributed by atoms with Gasteiger partial charge >= 0.3 is 0 Å². The second-order valence-electron chi connectivity index (χ2n) is 4.06. The number of carbonyl (C=O) groups excluding carboxylic acids is 1. The first-order valence-electron chi connectivity index (χ1n) is 4.80. The molecule has 0 saturated heterocycles. The molecule has 1 rings (SSSR count). The van der Waals surface area contributed by atoms with Crippen LogP contribution in [0.15, 0.2) is 6.20 Å². The summed E-state index contributed by atoms with van der Waals surface area (Å²) in [7, 11) is 0. The SMILES string of the molecule is Cc1ncc(C(=O)NC(C)(C)CCO)s1. The Hall–Kier alpha value is -0.940. The topological polar surface area (TPSA) is 62.2 Å². The van der Waals surface area contributed by atoms with E-state index in [9.17, 15) is 4.79 Å². The van der Waals surface area contributed by atoms with E-state index in [1.54, 1.807) is 6.20 Å². The van der Waals surface area contributed by atoms with E-state index in [1.807, 2.05) is 20.8 Å². The predicted molar refractivity (Wildman–Crippen MR) is 60.1 cm³/mol. The van der Waals surface area contributed by atoms with Gasteiger partial charge in [0.25, 0.3) is 5.91 Å². The first kappa shape index (κ1) is 12.1. The molecule has 1 heterocycles. The second-order valence-corrected chi connectivity index (χ2v) is 5.29. The van der Waals surface area contributed by atoms with E-state index in [0.717, 1.165) is 5.01 Å². The molecule has 0 saturated carbocycles. The number of nitrogens with one attached hydrogen (secondary N) is 1. The summed E-state index contributed by atoms with van der Waals surface area (Å²) in [5.41, 5.74) is -0.385. The Labute approximate surface area is 93.4 Å². The van der Waals surface area contributed by atoms with E-state index in [4.69, 9.17) is 5.11 Å². The van der Waals surface area contributed by atoms with Crippen LogP contribution in [0.5, 0.6) is 0 Å². The van der Waals surface area contributed by atoms with Crippen LogP contribution >= 0.6 is 11.3 Å². The summed E-state index contributed by atoms with van der Waals surface area (Å²) in [6.07, 6.45) is 2.11. The molecule has 84 valence electrons. The molecule has 1 aromatic rings. The van der Waals surface area contributed by atoms with Gasteiger partial charge in [0.15, 0.2) is 0 Å². The Morgan fingerprint density at radius 1 is 1.67 bits per heavy atom. The maximum Gasteiger partial charge on any atom is 0.263 e. The molecule has 0 aliphatic heterocycles. The van der Waals surface area contributed by atoms with Crippen LogP contribution in [0.3, 0.4) is 0 Å². The minimum absolute atomic E-state index is 0.0645. The van der Waals surface area contributed by atoms with Gasteiger partial charge < -0.3 is 10.4 Å². The van der Waals surface area contributed by atoms with Gasteiger partial charge in [-0.3, -0.25) is 4.79 Å². The molecule has 1 amide bonds. The lowest BCUT2D eigenvalue weighted by Gasteiger charge is -2.24. The van der Waals surface area contributed by atoms with Crippen LogP contribution in [-0.2, 0) is 0 Å². The number of amides is 1. The number of aliphatic hydroxyl groups is 1. The van der Waals surface area contributed by atoms with Crippen molar-refractivity contribution >= 4 is 17.2 Å². The first-order chi connectivity index (χ1) is 6.94. The minimum Gasteiger partial charge on any atom is -0.396 e. The summed E-state index contributed by atoms with van der Waals surface area (Å²) in [5, 5.41) is 12.6. The summed E-state index contributed by atoms with van der Waals surface area (Å²) in [6.45, 7) is 5.69. The van der Waals surface area contributed by atoms with Gasteiger partial charge in [0.05, 0.1) is 11.2 Å². The van der Waals surface area contributed by atoms with E-state index in [0.29, 0.717) is 11.3 Å². The smallest absolute Gasteiger partial charge is 0.263 e. The van der Waals surface area contributed by atoms with E-state index in [-0.39, 0.29) is 18.1 Å². The third-order valence-corrected chi connectivity index (χ3v) is 2.95. The Bertz CT molecular complexity index is 347. The summed E-state index contributed by atoms with van der Waals surface area (Å²) < 4.78 is 0. The standard InChI is InChI=1S/C10H16N2O2S/c1-7-11-6-8(15-7)9(14)12-10(2,3)4-5-13/h6,13H,4-5H2,1-3H3,(H,12,14). The van der Waals surface area contributed by atoms with Crippen molar-refractivity contribution in [3.05, 3.63) is 16.1 Å². The maximum atomic E-state index is 11.7. The van der Waals surface area contributed by atoms with Gasteiger partial charge in [-0.25, -0.2) is 4.98 Å². The average Bonchev–Trinajstić information content (AvgIpc) is 2.50. The van der Waals surface area contributed by atoms with Crippen LogP contribution in [0.1, 0.15) is 34.9 Å². The van der Waals surface area contributed by atoms with Crippen molar-refractivity contribution in [3.8, 4) is 0 Å². The zero-order chi connectivity index (χ0) is 11.5. The average molecular weight is 228 g/mol. The number of carbonyl (C=O) groups is 1. The molecular formula is C10H16N2O2S. The summed E-state index contributed by atoms with van der Waals surface area (Å²) in [6, 6.07) is 0. The Morgan fingerprint density at radius 3 is 2.80 bits per heavy atom. The largest absolute Gasteiger partial charge is 0.396 e. The van der Waals surface area contributed by atoms with Crippen molar-refractivity contribution in [2.24, 2.45) is 0 Å². The zero-order valence-electron chi connectivity index (χ0n) is 9.20. The molecule has 0 radical (unpaired) electrons. The highest BCUT2D eigenvalue weighted by molar-refractivity contribution is 7.13. The number of nitrogens with zero attached hydrogens (tertiary/aromatic N) is 1. The summed E-state index contributed by atoms with van der Waals surface area (Å²) >= 11 is 1.37. The number of thiazole rings is 1. The highest BCUT2D eigenvalue weighted by Crippen LogP contribution is 2.14. The fourth-order valence-electron chi connectivity index (χ4n) is 1.18. The molecule has 5 heteroatoms. The number of aromatic nitrogens is 1. The van der Waals surface area contributed by atoms with E-state index in [1.165, 1.54) is 11.3 Å². The molecule has 0 spiro atoms. The Balaban J connectivity index is 2.63. The van der Waals surface area contributed by atoms with Gasteiger partial charge in [0.2, 0.25) is 0 Å². The molecule has 0 fully saturated rings. The summed E-state index contributed by atoms with van der Waals surface area (Å²) in [5.74, 6) is -0.126. The molecule has 0 unspecified atom stereocenters. The monoisotopic (exact) mass is 228 g/mol. The van der Waals surface area contributed by atoms with E-state index < -0.39 is 0 Å². The van der Waals surface area contributed by atoms with Gasteiger partial charge in [0, 0.05) is 12.1 Å². The summed E-state index contributed by atoms with van der Waals surface area (Å²) in [4.78, 5) is 16.4. The quantitative estimate of drug-likeness (QED) is 0.817. The number of aryl methyl sites for hydroxylation is 1. The Kier molecular flexibility index (Phi) is 3.82. The van der Waals surface area contributed by atoms with Crippen LogP contribution in [0.4, 0.5) is 0 Å². The molecule has 4 nitrogen and oxygen atoms in total. The molecule has 2 N–H and O–H groups in total. The van der Waals surface area contributed by atoms with Crippen molar-refractivity contribution in [1.82, 2.24) is 10.3 Å². The van der Waals surface area contributed by atoms with Gasteiger partial charge in [-0.2, -0.15) is 0 Å². The lowest BCUT2D eigenvalue weighted by atomic mass is 10.0. The fraction of sp³-hybridized carbons (Fsp3) is 0.600. The van der Waals surface area contributed by atoms with Crippen molar-refractivity contribution in [3.63, 3.8) is 0 Å². The van der Waals surface area contributed by atoms with Crippen LogP contribution in [0.25, 0.3) is 0 Å². The molecule has 0 aliphatic carbocycles. The van der Waals surface area contributed by atoms with Gasteiger partial charge in [0.1, 0.15) is 4.88 Å². The van der Waals surface area contributed by atoms with Crippen LogP contribution in [0, 0.1) is 6.92 Å². The third-order valence-electron chi connectivity index (χ3n) is 2.03. The molecule has 0 bridgehead atoms. The van der Waals surface area contributed by atoms with Crippen LogP contribution < -0.4 is 5.32 Å². The maximum absolute atomic E-state index is 11.7. The normalized spacial score (nSPS) is 11.5. The van der Waals surface area contributed by atoms with Crippen LogP contribution in [0.2, 0.25) is 0 Å². The second kappa shape index (κ2) is 4.72. The van der Waals surface area contributed by atoms with Crippen molar-refractivity contribution < 1.29 is 9.90 Å². The first-order valence-corrected chi connectivity index (χ1v) is 5.62.